The quantitative estimate of drug-likeness (QED) is 0.267. The number of esters is 3. The first-order chi connectivity index (χ1) is 14.7. The largest absolute Gasteiger partial charge is 0.467 e. The lowest BCUT2D eigenvalue weighted by Crippen LogP contribution is -2.69. The lowest BCUT2D eigenvalue weighted by molar-refractivity contribution is -0.192. The van der Waals surface area contributed by atoms with Crippen molar-refractivity contribution in [1.82, 2.24) is 4.90 Å². The topological polar surface area (TPSA) is 119 Å². The Morgan fingerprint density at radius 2 is 1.65 bits per heavy atom. The number of amides is 1. The summed E-state index contributed by atoms with van der Waals surface area (Å²) >= 11 is 0. The van der Waals surface area contributed by atoms with Crippen LogP contribution < -0.4 is 0 Å². The number of aliphatic hydroxyl groups is 1. The molecule has 166 valence electrons. The van der Waals surface area contributed by atoms with E-state index in [0.717, 1.165) is 14.0 Å². The monoisotopic (exact) mass is 431 g/mol. The lowest BCUT2D eigenvalue weighted by Gasteiger charge is -2.42. The highest BCUT2D eigenvalue weighted by molar-refractivity contribution is 6.13. The van der Waals surface area contributed by atoms with Gasteiger partial charge in [0, 0.05) is 0 Å². The molecule has 1 unspecified atom stereocenters. The van der Waals surface area contributed by atoms with E-state index in [1.807, 2.05) is 0 Å². The van der Waals surface area contributed by atoms with Crippen LogP contribution in [0.4, 0.5) is 0 Å². The van der Waals surface area contributed by atoms with Crippen molar-refractivity contribution < 1.29 is 38.5 Å². The molecule has 1 N–H and O–H groups in total. The van der Waals surface area contributed by atoms with Crippen LogP contribution >= 0.6 is 0 Å². The van der Waals surface area contributed by atoms with E-state index in [9.17, 15) is 24.3 Å². The Hall–Kier alpha value is -3.46. The Morgan fingerprint density at radius 1 is 1.13 bits per heavy atom. The van der Waals surface area contributed by atoms with Gasteiger partial charge in [0.1, 0.15) is 18.8 Å². The van der Waals surface area contributed by atoms with Crippen molar-refractivity contribution >= 4 is 23.8 Å². The van der Waals surface area contributed by atoms with Crippen LogP contribution in [-0.2, 0) is 33.4 Å². The highest BCUT2D eigenvalue weighted by Gasteiger charge is 2.73. The number of rotatable bonds is 9. The number of benzene rings is 1. The van der Waals surface area contributed by atoms with Crippen LogP contribution in [0.3, 0.4) is 0 Å². The fraction of sp³-hybridized carbons (Fsp3) is 0.364. The van der Waals surface area contributed by atoms with Gasteiger partial charge >= 0.3 is 17.9 Å². The second-order valence-electron chi connectivity index (χ2n) is 7.04. The third-order valence-corrected chi connectivity index (χ3v) is 4.96. The van der Waals surface area contributed by atoms with Gasteiger partial charge in [0.25, 0.3) is 5.54 Å². The number of carbonyl (C=O) groups excluding carboxylic acids is 4. The summed E-state index contributed by atoms with van der Waals surface area (Å²) in [7, 11) is 1.10. The maximum absolute atomic E-state index is 13.2. The summed E-state index contributed by atoms with van der Waals surface area (Å²) in [5.41, 5.74) is -4.68. The molecule has 1 heterocycles. The summed E-state index contributed by atoms with van der Waals surface area (Å²) in [6.07, 6.45) is 1.87. The van der Waals surface area contributed by atoms with Crippen molar-refractivity contribution in [2.75, 3.05) is 20.3 Å². The van der Waals surface area contributed by atoms with Crippen LogP contribution in [-0.4, -0.2) is 65.3 Å². The van der Waals surface area contributed by atoms with Gasteiger partial charge in [-0.05, 0) is 12.5 Å². The molecule has 0 bridgehead atoms. The molecule has 0 spiro atoms. The van der Waals surface area contributed by atoms with Gasteiger partial charge < -0.3 is 19.3 Å². The highest BCUT2D eigenvalue weighted by atomic mass is 16.6. The van der Waals surface area contributed by atoms with Gasteiger partial charge in [0.2, 0.25) is 5.91 Å². The Balaban J connectivity index is 2.80. The molecule has 1 fully saturated rings. The molecule has 1 aromatic carbocycles. The Bertz CT molecular complexity index is 853. The molecular weight excluding hydrogens is 406 g/mol. The standard InChI is InChI=1S/C22H25NO8/c1-5-12-30-19(26)22(20(27)31-13-6-2)21(3,28)14-16(24)23(22)17(18(25)29-4)15-10-8-7-9-11-15/h5-11,17,28H,1-2,12-14H2,3-4H3/t17-,21?/m1/s1. The second kappa shape index (κ2) is 9.57. The average Bonchev–Trinajstić information content (AvgIpc) is 2.96. The van der Waals surface area contributed by atoms with E-state index in [2.05, 4.69) is 13.2 Å². The molecule has 1 aliphatic heterocycles. The molecule has 9 heteroatoms. The molecule has 1 amide bonds. The second-order valence-corrected chi connectivity index (χ2v) is 7.04. The number of methoxy groups -OCH3 is 1. The van der Waals surface area contributed by atoms with E-state index in [0.29, 0.717) is 4.90 Å². The minimum absolute atomic E-state index is 0.262. The number of carbonyl (C=O) groups is 4. The van der Waals surface area contributed by atoms with Gasteiger partial charge in [-0.2, -0.15) is 0 Å². The SMILES string of the molecule is C=CCOC(=O)C1(C(=O)OCC=C)N([C@@H](C(=O)OC)c2ccccc2)C(=O)CC1(C)O. The lowest BCUT2D eigenvalue weighted by atomic mass is 9.80. The molecule has 1 aromatic rings. The number of likely N-dealkylation sites (tertiary alicyclic amines) is 1. The van der Waals surface area contributed by atoms with Crippen molar-refractivity contribution in [3.63, 3.8) is 0 Å². The maximum Gasteiger partial charge on any atom is 0.347 e. The molecule has 9 nitrogen and oxygen atoms in total. The minimum Gasteiger partial charge on any atom is -0.467 e. The van der Waals surface area contributed by atoms with E-state index in [1.165, 1.54) is 24.3 Å². The van der Waals surface area contributed by atoms with Crippen LogP contribution in [0, 0.1) is 0 Å². The summed E-state index contributed by atoms with van der Waals surface area (Å²) in [4.78, 5) is 53.1. The first-order valence-electron chi connectivity index (χ1n) is 9.42. The number of hydrogen-bond acceptors (Lipinski definition) is 8. The van der Waals surface area contributed by atoms with Gasteiger partial charge in [0.05, 0.1) is 13.5 Å². The van der Waals surface area contributed by atoms with Crippen molar-refractivity contribution in [2.24, 2.45) is 0 Å². The van der Waals surface area contributed by atoms with Crippen LogP contribution in [0.15, 0.2) is 55.6 Å². The van der Waals surface area contributed by atoms with Crippen molar-refractivity contribution in [2.45, 2.75) is 30.5 Å². The number of nitrogens with zero attached hydrogens (tertiary/aromatic N) is 1. The first-order valence-corrected chi connectivity index (χ1v) is 9.42. The smallest absolute Gasteiger partial charge is 0.347 e. The fourth-order valence-corrected chi connectivity index (χ4v) is 3.63. The zero-order valence-electron chi connectivity index (χ0n) is 17.4. The van der Waals surface area contributed by atoms with Gasteiger partial charge in [-0.1, -0.05) is 55.6 Å². The number of ether oxygens (including phenoxy) is 3. The predicted octanol–water partition coefficient (Wildman–Crippen LogP) is 1.08. The van der Waals surface area contributed by atoms with E-state index >= 15 is 0 Å². The molecule has 0 saturated carbocycles. The van der Waals surface area contributed by atoms with Gasteiger partial charge in [-0.25, -0.2) is 14.4 Å². The first kappa shape index (κ1) is 23.8. The average molecular weight is 431 g/mol. The summed E-state index contributed by atoms with van der Waals surface area (Å²) in [5, 5.41) is 11.2. The van der Waals surface area contributed by atoms with Crippen LogP contribution in [0.1, 0.15) is 24.9 Å². The summed E-state index contributed by atoms with van der Waals surface area (Å²) in [5.74, 6) is -4.28. The van der Waals surface area contributed by atoms with E-state index in [-0.39, 0.29) is 18.8 Å². The zero-order valence-corrected chi connectivity index (χ0v) is 17.4. The molecule has 1 aliphatic rings. The fourth-order valence-electron chi connectivity index (χ4n) is 3.63. The molecule has 2 rings (SSSR count). The number of hydrogen-bond donors (Lipinski definition) is 1. The van der Waals surface area contributed by atoms with E-state index in [4.69, 9.17) is 14.2 Å². The van der Waals surface area contributed by atoms with Crippen molar-refractivity contribution in [3.8, 4) is 0 Å². The molecule has 2 atom stereocenters. The predicted molar refractivity (Wildman–Crippen MR) is 108 cm³/mol. The maximum atomic E-state index is 13.2. The summed E-state index contributed by atoms with van der Waals surface area (Å²) in [6.45, 7) is 7.42. The van der Waals surface area contributed by atoms with Crippen molar-refractivity contribution in [3.05, 3.63) is 61.2 Å². The molecule has 0 aromatic heterocycles. The van der Waals surface area contributed by atoms with Crippen molar-refractivity contribution in [1.29, 1.82) is 0 Å². The molecule has 1 saturated heterocycles. The molecular formula is C22H25NO8. The summed E-state index contributed by atoms with van der Waals surface area (Å²) in [6, 6.07) is 6.42. The van der Waals surface area contributed by atoms with E-state index < -0.39 is 47.4 Å². The zero-order chi connectivity index (χ0) is 23.2. The Labute approximate surface area is 179 Å². The highest BCUT2D eigenvalue weighted by Crippen LogP contribution is 2.46. The third kappa shape index (κ3) is 4.09. The Morgan fingerprint density at radius 3 is 2.10 bits per heavy atom. The molecule has 31 heavy (non-hydrogen) atoms. The van der Waals surface area contributed by atoms with Crippen LogP contribution in [0.5, 0.6) is 0 Å². The normalized spacial score (nSPS) is 20.5. The molecule has 0 radical (unpaired) electrons. The van der Waals surface area contributed by atoms with Gasteiger partial charge in [-0.3, -0.25) is 9.69 Å². The van der Waals surface area contributed by atoms with Crippen LogP contribution in [0.2, 0.25) is 0 Å². The van der Waals surface area contributed by atoms with E-state index in [1.54, 1.807) is 18.2 Å². The summed E-state index contributed by atoms with van der Waals surface area (Å²) < 4.78 is 15.1. The van der Waals surface area contributed by atoms with Gasteiger partial charge in [-0.15, -0.1) is 0 Å². The minimum atomic E-state index is -2.68. The Kier molecular flexibility index (Phi) is 7.35. The van der Waals surface area contributed by atoms with Crippen LogP contribution in [0.25, 0.3) is 0 Å². The third-order valence-electron chi connectivity index (χ3n) is 4.96. The van der Waals surface area contributed by atoms with Gasteiger partial charge in [0.15, 0.2) is 6.04 Å². The molecule has 0 aliphatic carbocycles.